The van der Waals surface area contributed by atoms with Crippen molar-refractivity contribution in [2.24, 2.45) is 0 Å². The van der Waals surface area contributed by atoms with Gasteiger partial charge in [0.25, 0.3) is 11.5 Å². The van der Waals surface area contributed by atoms with Crippen molar-refractivity contribution in [1.29, 1.82) is 0 Å². The minimum absolute atomic E-state index is 0.0536. The van der Waals surface area contributed by atoms with Gasteiger partial charge in [-0.1, -0.05) is 0 Å². The molecule has 3 rings (SSSR count). The summed E-state index contributed by atoms with van der Waals surface area (Å²) in [5, 5.41) is 21.2. The van der Waals surface area contributed by atoms with E-state index in [1.165, 1.54) is 19.2 Å². The van der Waals surface area contributed by atoms with Crippen molar-refractivity contribution >= 4 is 40.0 Å². The van der Waals surface area contributed by atoms with E-state index in [2.05, 4.69) is 10.3 Å². The molecular weight excluding hydrogens is 489 g/mol. The van der Waals surface area contributed by atoms with Gasteiger partial charge < -0.3 is 15.5 Å². The van der Waals surface area contributed by atoms with Crippen LogP contribution in [0.15, 0.2) is 29.3 Å². The molecule has 0 saturated carbocycles. The van der Waals surface area contributed by atoms with Crippen LogP contribution in [0.2, 0.25) is 0 Å². The Morgan fingerprint density at radius 2 is 2.11 bits per heavy atom. The molecule has 28 heavy (non-hydrogen) atoms. The van der Waals surface area contributed by atoms with E-state index < -0.39 is 42.2 Å². The molecular formula is C17H17F2IN4O4. The Bertz CT molecular complexity index is 971. The molecule has 0 aliphatic carbocycles. The van der Waals surface area contributed by atoms with Crippen molar-refractivity contribution in [2.75, 3.05) is 23.9 Å². The quantitative estimate of drug-likeness (QED) is 0.519. The predicted molar refractivity (Wildman–Crippen MR) is 105 cm³/mol. The monoisotopic (exact) mass is 506 g/mol. The van der Waals surface area contributed by atoms with Gasteiger partial charge in [0.1, 0.15) is 17.7 Å². The zero-order valence-corrected chi connectivity index (χ0v) is 16.8. The van der Waals surface area contributed by atoms with Gasteiger partial charge in [-0.2, -0.15) is 0 Å². The molecule has 2 heterocycles. The highest BCUT2D eigenvalue weighted by Crippen LogP contribution is 2.34. The topological polar surface area (TPSA) is 108 Å². The first-order valence-corrected chi connectivity index (χ1v) is 9.34. The van der Waals surface area contributed by atoms with Crippen LogP contribution >= 0.6 is 22.6 Å². The Morgan fingerprint density at radius 1 is 1.39 bits per heavy atom. The number of aromatic nitrogens is 2. The van der Waals surface area contributed by atoms with E-state index in [9.17, 15) is 23.5 Å². The zero-order chi connectivity index (χ0) is 20.6. The third-order valence-electron chi connectivity index (χ3n) is 4.40. The molecule has 1 aromatic heterocycles. The number of nitrogens with zero attached hydrogens (tertiary/aromatic N) is 3. The average molecular weight is 506 g/mol. The molecule has 3 N–H and O–H groups in total. The highest BCUT2D eigenvalue weighted by atomic mass is 127. The van der Waals surface area contributed by atoms with E-state index in [4.69, 9.17) is 5.11 Å². The Balaban J connectivity index is 2.10. The van der Waals surface area contributed by atoms with Crippen molar-refractivity contribution in [3.05, 3.63) is 49.8 Å². The fraction of sp³-hybridized carbons (Fsp3) is 0.353. The summed E-state index contributed by atoms with van der Waals surface area (Å²) >= 11 is 1.92. The summed E-state index contributed by atoms with van der Waals surface area (Å²) in [6.07, 6.45) is -2.27. The molecule has 3 atom stereocenters. The summed E-state index contributed by atoms with van der Waals surface area (Å²) in [5.74, 6) is -1.63. The molecule has 11 heteroatoms. The summed E-state index contributed by atoms with van der Waals surface area (Å²) in [7, 11) is 1.29. The van der Waals surface area contributed by atoms with Crippen LogP contribution in [-0.2, 0) is 11.3 Å². The molecule has 1 aromatic carbocycles. The van der Waals surface area contributed by atoms with E-state index >= 15 is 0 Å². The second kappa shape index (κ2) is 8.09. The third kappa shape index (κ3) is 3.73. The Labute approximate surface area is 172 Å². The molecule has 1 aliphatic rings. The number of anilines is 2. The second-order valence-electron chi connectivity index (χ2n) is 6.32. The highest BCUT2D eigenvalue weighted by molar-refractivity contribution is 14.1. The first kappa shape index (κ1) is 20.6. The minimum Gasteiger partial charge on any atom is -0.394 e. The van der Waals surface area contributed by atoms with Crippen molar-refractivity contribution in [3.63, 3.8) is 0 Å². The zero-order valence-electron chi connectivity index (χ0n) is 14.6. The Hall–Kier alpha value is -2.12. The Kier molecular flexibility index (Phi) is 5.95. The van der Waals surface area contributed by atoms with Crippen LogP contribution in [0, 0.1) is 9.39 Å². The number of amides is 1. The fourth-order valence-electron chi connectivity index (χ4n) is 2.95. The molecule has 0 spiro atoms. The van der Waals surface area contributed by atoms with Crippen LogP contribution in [0.4, 0.5) is 20.3 Å². The van der Waals surface area contributed by atoms with Gasteiger partial charge in [-0.05, 0) is 40.8 Å². The number of fused-ring (bicyclic) bond motifs is 1. The average Bonchev–Trinajstić information content (AvgIpc) is 2.66. The van der Waals surface area contributed by atoms with Gasteiger partial charge in [0.15, 0.2) is 0 Å². The van der Waals surface area contributed by atoms with Gasteiger partial charge in [0.05, 0.1) is 36.8 Å². The van der Waals surface area contributed by atoms with Crippen LogP contribution in [0.5, 0.6) is 0 Å². The van der Waals surface area contributed by atoms with Gasteiger partial charge >= 0.3 is 0 Å². The molecule has 0 radical (unpaired) electrons. The normalized spacial score (nSPS) is 20.1. The molecule has 2 aromatic rings. The number of aliphatic hydroxyl groups is 2. The lowest BCUT2D eigenvalue weighted by molar-refractivity contribution is -0.124. The van der Waals surface area contributed by atoms with Crippen LogP contribution < -0.4 is 15.8 Å². The largest absolute Gasteiger partial charge is 0.394 e. The second-order valence-corrected chi connectivity index (χ2v) is 7.57. The maximum atomic E-state index is 14.9. The van der Waals surface area contributed by atoms with Crippen molar-refractivity contribution in [2.45, 2.75) is 24.9 Å². The molecule has 1 amide bonds. The number of alkyl halides is 1. The standard InChI is InChI=1S/C17H17F2IN4O4/c1-23-15-12(16(27)24(7-21-15)5-9(26)6-25)14(13(19)17(23)28)22-11-3-2-8(20)4-10(11)18/h2-4,7,9,13-14,22,25-26H,5-6H2,1H3. The molecule has 0 saturated heterocycles. The maximum Gasteiger partial charge on any atom is 0.264 e. The molecule has 8 nitrogen and oxygen atoms in total. The van der Waals surface area contributed by atoms with Crippen LogP contribution in [0.25, 0.3) is 0 Å². The SMILES string of the molecule is CN1C(=O)C(F)C(Nc2ccc(I)cc2F)c2c1ncn(CC(O)CO)c2=O. The lowest BCUT2D eigenvalue weighted by Crippen LogP contribution is -2.49. The summed E-state index contributed by atoms with van der Waals surface area (Å²) in [6.45, 7) is -0.849. The van der Waals surface area contributed by atoms with Crippen LogP contribution in [-0.4, -0.2) is 51.6 Å². The van der Waals surface area contributed by atoms with Gasteiger partial charge in [-0.25, -0.2) is 13.8 Å². The van der Waals surface area contributed by atoms with E-state index in [1.54, 1.807) is 6.07 Å². The molecule has 150 valence electrons. The number of rotatable bonds is 5. The van der Waals surface area contributed by atoms with Gasteiger partial charge in [0.2, 0.25) is 6.17 Å². The molecule has 3 unspecified atom stereocenters. The lowest BCUT2D eigenvalue weighted by Gasteiger charge is -2.33. The first-order valence-electron chi connectivity index (χ1n) is 8.26. The lowest BCUT2D eigenvalue weighted by atomic mass is 9.98. The molecule has 0 fully saturated rings. The smallest absolute Gasteiger partial charge is 0.264 e. The number of aliphatic hydroxyl groups excluding tert-OH is 2. The van der Waals surface area contributed by atoms with Gasteiger partial charge in [0, 0.05) is 10.6 Å². The maximum absolute atomic E-state index is 14.9. The number of benzene rings is 1. The van der Waals surface area contributed by atoms with Crippen molar-refractivity contribution in [1.82, 2.24) is 9.55 Å². The molecule has 1 aliphatic heterocycles. The fourth-order valence-corrected chi connectivity index (χ4v) is 3.40. The van der Waals surface area contributed by atoms with Crippen molar-refractivity contribution < 1.29 is 23.8 Å². The minimum atomic E-state index is -2.15. The summed E-state index contributed by atoms with van der Waals surface area (Å²) < 4.78 is 30.7. The summed E-state index contributed by atoms with van der Waals surface area (Å²) in [5.41, 5.74) is -0.940. The van der Waals surface area contributed by atoms with E-state index in [1.807, 2.05) is 22.6 Å². The highest BCUT2D eigenvalue weighted by Gasteiger charge is 2.43. The van der Waals surface area contributed by atoms with E-state index in [0.29, 0.717) is 3.57 Å². The Morgan fingerprint density at radius 3 is 2.75 bits per heavy atom. The van der Waals surface area contributed by atoms with E-state index in [0.717, 1.165) is 15.8 Å². The van der Waals surface area contributed by atoms with E-state index in [-0.39, 0.29) is 23.6 Å². The number of hydrogen-bond acceptors (Lipinski definition) is 6. The number of nitrogens with one attached hydrogen (secondary N) is 1. The van der Waals surface area contributed by atoms with Crippen LogP contribution in [0.1, 0.15) is 11.6 Å². The summed E-state index contributed by atoms with van der Waals surface area (Å²) in [4.78, 5) is 30.1. The number of hydrogen-bond donors (Lipinski definition) is 3. The predicted octanol–water partition coefficient (Wildman–Crippen LogP) is 0.808. The van der Waals surface area contributed by atoms with Crippen LogP contribution in [0.3, 0.4) is 0 Å². The van der Waals surface area contributed by atoms with Gasteiger partial charge in [-0.3, -0.25) is 19.1 Å². The number of carbonyl (C=O) groups is 1. The first-order chi connectivity index (χ1) is 13.2. The van der Waals surface area contributed by atoms with Crippen molar-refractivity contribution in [3.8, 4) is 0 Å². The van der Waals surface area contributed by atoms with Gasteiger partial charge in [-0.15, -0.1) is 0 Å². The number of carbonyl (C=O) groups excluding carboxylic acids is 1. The summed E-state index contributed by atoms with van der Waals surface area (Å²) in [6, 6.07) is 2.74. The molecule has 0 bridgehead atoms. The third-order valence-corrected chi connectivity index (χ3v) is 5.07. The number of halogens is 3.